The second-order valence-corrected chi connectivity index (χ2v) is 6.94. The fourth-order valence-electron chi connectivity index (χ4n) is 2.80. The number of nitrogens with zero attached hydrogens (tertiary/aromatic N) is 2. The first-order valence-corrected chi connectivity index (χ1v) is 7.23. The lowest BCUT2D eigenvalue weighted by Gasteiger charge is -2.36. The number of hydroxylamine groups is 2. The summed E-state index contributed by atoms with van der Waals surface area (Å²) in [6, 6.07) is 3.38. The fraction of sp³-hybridized carbons (Fsp3) is 0.571. The van der Waals surface area contributed by atoms with Crippen molar-refractivity contribution >= 4 is 23.2 Å². The van der Waals surface area contributed by atoms with Crippen LogP contribution in [-0.4, -0.2) is 38.3 Å². The van der Waals surface area contributed by atoms with E-state index in [9.17, 15) is 5.21 Å². The fourth-order valence-corrected chi connectivity index (χ4v) is 2.91. The van der Waals surface area contributed by atoms with Crippen LogP contribution in [0.3, 0.4) is 0 Å². The van der Waals surface area contributed by atoms with Crippen LogP contribution in [0.1, 0.15) is 34.1 Å². The van der Waals surface area contributed by atoms with Gasteiger partial charge in [-0.1, -0.05) is 11.6 Å². The van der Waals surface area contributed by atoms with Crippen molar-refractivity contribution in [1.82, 2.24) is 15.4 Å². The summed E-state index contributed by atoms with van der Waals surface area (Å²) < 4.78 is 0. The monoisotopic (exact) mass is 311 g/mol. The number of guanidine groups is 1. The summed E-state index contributed by atoms with van der Waals surface area (Å²) in [5.41, 5.74) is -0.105. The second kappa shape index (κ2) is 5.44. The molecule has 0 bridgehead atoms. The summed E-state index contributed by atoms with van der Waals surface area (Å²) in [7, 11) is 0. The van der Waals surface area contributed by atoms with Crippen LogP contribution in [0.25, 0.3) is 0 Å². The van der Waals surface area contributed by atoms with Crippen LogP contribution >= 0.6 is 11.6 Å². The summed E-state index contributed by atoms with van der Waals surface area (Å²) in [5, 5.41) is 26.1. The number of pyridine rings is 1. The summed E-state index contributed by atoms with van der Waals surface area (Å²) in [5.74, 6) is 0.170. The third-order valence-electron chi connectivity index (χ3n) is 3.99. The van der Waals surface area contributed by atoms with E-state index >= 15 is 0 Å². The third kappa shape index (κ3) is 3.28. The average molecular weight is 312 g/mol. The van der Waals surface area contributed by atoms with Crippen molar-refractivity contribution < 1.29 is 5.21 Å². The van der Waals surface area contributed by atoms with Crippen LogP contribution in [0.5, 0.6) is 0 Å². The molecule has 0 aliphatic carbocycles. The molecule has 1 aromatic rings. The zero-order chi connectivity index (χ0) is 15.8. The summed E-state index contributed by atoms with van der Waals surface area (Å²) in [6.07, 6.45) is 2.31. The van der Waals surface area contributed by atoms with Crippen LogP contribution in [0.2, 0.25) is 5.15 Å². The van der Waals surface area contributed by atoms with Gasteiger partial charge < -0.3 is 15.8 Å². The Morgan fingerprint density at radius 1 is 1.43 bits per heavy atom. The molecule has 21 heavy (non-hydrogen) atoms. The first-order valence-electron chi connectivity index (χ1n) is 6.86. The van der Waals surface area contributed by atoms with Crippen molar-refractivity contribution in [2.24, 2.45) is 0 Å². The van der Waals surface area contributed by atoms with Crippen molar-refractivity contribution in [3.63, 3.8) is 0 Å². The molecular formula is C14H22ClN5O. The van der Waals surface area contributed by atoms with Crippen molar-refractivity contribution in [1.29, 1.82) is 5.41 Å². The molecule has 2 heterocycles. The number of nitrogens with one attached hydrogen (secondary N) is 3. The maximum absolute atomic E-state index is 10.3. The quantitative estimate of drug-likeness (QED) is 0.383. The Balaban J connectivity index is 2.01. The molecule has 0 spiro atoms. The lowest BCUT2D eigenvalue weighted by Crippen LogP contribution is -2.53. The van der Waals surface area contributed by atoms with Crippen molar-refractivity contribution in [2.75, 3.05) is 5.32 Å². The molecule has 1 fully saturated rings. The number of halogens is 1. The van der Waals surface area contributed by atoms with Crippen LogP contribution < -0.4 is 10.6 Å². The SMILES string of the molecule is CC1(C)CC(NC(=N)Nc2ccc(Cl)nc2)C(C)(C)N1O. The Kier molecular flexibility index (Phi) is 4.15. The molecule has 7 heteroatoms. The van der Waals surface area contributed by atoms with Gasteiger partial charge in [0.15, 0.2) is 5.96 Å². The highest BCUT2D eigenvalue weighted by Crippen LogP contribution is 2.38. The Morgan fingerprint density at radius 3 is 2.57 bits per heavy atom. The van der Waals surface area contributed by atoms with Gasteiger partial charge in [0, 0.05) is 5.54 Å². The Bertz CT molecular complexity index is 529. The van der Waals surface area contributed by atoms with Gasteiger partial charge in [-0.25, -0.2) is 4.98 Å². The molecule has 1 atom stereocenters. The number of anilines is 1. The Morgan fingerprint density at radius 2 is 2.10 bits per heavy atom. The van der Waals surface area contributed by atoms with Gasteiger partial charge in [-0.05, 0) is 46.2 Å². The largest absolute Gasteiger partial charge is 0.352 e. The van der Waals surface area contributed by atoms with Crippen LogP contribution in [0.15, 0.2) is 18.3 Å². The molecular weight excluding hydrogens is 290 g/mol. The molecule has 0 radical (unpaired) electrons. The molecule has 4 N–H and O–H groups in total. The molecule has 1 saturated heterocycles. The van der Waals surface area contributed by atoms with E-state index in [1.54, 1.807) is 18.3 Å². The maximum atomic E-state index is 10.3. The molecule has 2 rings (SSSR count). The average Bonchev–Trinajstić information content (AvgIpc) is 2.53. The molecule has 1 aliphatic rings. The first kappa shape index (κ1) is 16.0. The predicted octanol–water partition coefficient (Wildman–Crippen LogP) is 2.69. The second-order valence-electron chi connectivity index (χ2n) is 6.55. The van der Waals surface area contributed by atoms with Crippen LogP contribution in [-0.2, 0) is 0 Å². The van der Waals surface area contributed by atoms with E-state index < -0.39 is 5.54 Å². The maximum Gasteiger partial charge on any atom is 0.193 e. The van der Waals surface area contributed by atoms with Gasteiger partial charge in [0.1, 0.15) is 5.15 Å². The minimum absolute atomic E-state index is 0.0437. The van der Waals surface area contributed by atoms with Gasteiger partial charge in [0.05, 0.1) is 23.5 Å². The van der Waals surface area contributed by atoms with Crippen molar-refractivity contribution in [2.45, 2.75) is 51.2 Å². The van der Waals surface area contributed by atoms with Crippen LogP contribution in [0, 0.1) is 5.41 Å². The lowest BCUT2D eigenvalue weighted by atomic mass is 9.94. The molecule has 0 amide bonds. The number of aromatic nitrogens is 1. The highest BCUT2D eigenvalue weighted by atomic mass is 35.5. The summed E-state index contributed by atoms with van der Waals surface area (Å²) in [6.45, 7) is 7.88. The smallest absolute Gasteiger partial charge is 0.193 e. The van der Waals surface area contributed by atoms with E-state index in [0.29, 0.717) is 10.8 Å². The number of hydrogen-bond acceptors (Lipinski definition) is 4. The normalized spacial score (nSPS) is 23.8. The molecule has 116 valence electrons. The van der Waals surface area contributed by atoms with Crippen molar-refractivity contribution in [3.05, 3.63) is 23.5 Å². The highest BCUT2D eigenvalue weighted by Gasteiger charge is 2.51. The zero-order valence-electron chi connectivity index (χ0n) is 12.7. The van der Waals surface area contributed by atoms with Crippen LogP contribution in [0.4, 0.5) is 5.69 Å². The van der Waals surface area contributed by atoms with Gasteiger partial charge in [0.25, 0.3) is 0 Å². The van der Waals surface area contributed by atoms with Gasteiger partial charge in [-0.3, -0.25) is 5.41 Å². The zero-order valence-corrected chi connectivity index (χ0v) is 13.5. The molecule has 0 aromatic carbocycles. The standard InChI is InChI=1S/C14H22ClN5O/c1-13(2)7-10(14(3,4)20(13)21)19-12(16)18-9-5-6-11(15)17-8-9/h5-6,8,10,21H,7H2,1-4H3,(H3,16,18,19). The summed E-state index contributed by atoms with van der Waals surface area (Å²) >= 11 is 5.73. The molecule has 0 saturated carbocycles. The molecule has 1 aliphatic heterocycles. The van der Waals surface area contributed by atoms with E-state index in [2.05, 4.69) is 15.6 Å². The predicted molar refractivity (Wildman–Crippen MR) is 83.9 cm³/mol. The molecule has 1 aromatic heterocycles. The van der Waals surface area contributed by atoms with E-state index in [1.807, 2.05) is 27.7 Å². The minimum Gasteiger partial charge on any atom is -0.352 e. The van der Waals surface area contributed by atoms with E-state index in [1.165, 1.54) is 5.06 Å². The Hall–Kier alpha value is -1.37. The third-order valence-corrected chi connectivity index (χ3v) is 4.21. The molecule has 6 nitrogen and oxygen atoms in total. The first-order chi connectivity index (χ1) is 9.63. The van der Waals surface area contributed by atoms with Gasteiger partial charge in [0.2, 0.25) is 0 Å². The van der Waals surface area contributed by atoms with Gasteiger partial charge in [-0.15, -0.1) is 0 Å². The van der Waals surface area contributed by atoms with Gasteiger partial charge in [-0.2, -0.15) is 5.06 Å². The van der Waals surface area contributed by atoms with E-state index in [-0.39, 0.29) is 17.5 Å². The number of hydrogen-bond donors (Lipinski definition) is 4. The van der Waals surface area contributed by atoms with Gasteiger partial charge >= 0.3 is 0 Å². The summed E-state index contributed by atoms with van der Waals surface area (Å²) in [4.78, 5) is 3.96. The highest BCUT2D eigenvalue weighted by molar-refractivity contribution is 6.29. The van der Waals surface area contributed by atoms with E-state index in [4.69, 9.17) is 17.0 Å². The molecule has 1 unspecified atom stereocenters. The van der Waals surface area contributed by atoms with E-state index in [0.717, 1.165) is 6.42 Å². The lowest BCUT2D eigenvalue weighted by molar-refractivity contribution is -0.193. The topological polar surface area (TPSA) is 84.3 Å². The van der Waals surface area contributed by atoms with Crippen molar-refractivity contribution in [3.8, 4) is 0 Å². The Labute approximate surface area is 130 Å². The number of rotatable bonds is 2. The minimum atomic E-state index is -0.463.